The van der Waals surface area contributed by atoms with Crippen molar-refractivity contribution in [1.29, 1.82) is 0 Å². The zero-order chi connectivity index (χ0) is 7.56. The Morgan fingerprint density at radius 3 is 2.20 bits per heavy atom. The van der Waals surface area contributed by atoms with Gasteiger partial charge in [0.15, 0.2) is 5.69 Å². The summed E-state index contributed by atoms with van der Waals surface area (Å²) >= 11 is 2.13. The van der Waals surface area contributed by atoms with Gasteiger partial charge >= 0.3 is 0 Å². The number of nitrogens with one attached hydrogen (secondary N) is 1. The predicted octanol–water partition coefficient (Wildman–Crippen LogP) is 0.695. The van der Waals surface area contributed by atoms with E-state index in [1.54, 1.807) is 24.3 Å². The zero-order valence-corrected chi connectivity index (χ0v) is 7.20. The van der Waals surface area contributed by atoms with E-state index in [1.807, 2.05) is 0 Å². The molecule has 1 aromatic rings. The molecule has 4 heteroatoms. The molecule has 0 fully saturated rings. The van der Waals surface area contributed by atoms with Crippen LogP contribution >= 0.6 is 22.6 Å². The fourth-order valence-electron chi connectivity index (χ4n) is 0.592. The third kappa shape index (κ3) is 1.91. The molecular weight excluding hydrogens is 245 g/mol. The van der Waals surface area contributed by atoms with Crippen LogP contribution in [-0.2, 0) is 0 Å². The van der Waals surface area contributed by atoms with Crippen molar-refractivity contribution in [3.05, 3.63) is 33.0 Å². The van der Waals surface area contributed by atoms with E-state index in [9.17, 15) is 5.21 Å². The Balaban J connectivity index is 2.89. The van der Waals surface area contributed by atoms with E-state index in [0.717, 1.165) is 3.57 Å². The summed E-state index contributed by atoms with van der Waals surface area (Å²) in [4.78, 5) is 0. The Hall–Kier alpha value is -0.170. The second kappa shape index (κ2) is 3.29. The summed E-state index contributed by atoms with van der Waals surface area (Å²) in [6, 6.07) is 6.71. The summed E-state index contributed by atoms with van der Waals surface area (Å²) in [6.07, 6.45) is 0. The molecule has 1 aromatic carbocycles. The summed E-state index contributed by atoms with van der Waals surface area (Å²) in [5, 5.41) is 17.9. The Morgan fingerprint density at radius 1 is 1.30 bits per heavy atom. The van der Waals surface area contributed by atoms with Crippen LogP contribution < -0.4 is 5.23 Å². The van der Waals surface area contributed by atoms with Crippen LogP contribution in [0.3, 0.4) is 0 Å². The van der Waals surface area contributed by atoms with E-state index < -0.39 is 5.23 Å². The number of halogens is 1. The van der Waals surface area contributed by atoms with Gasteiger partial charge < -0.3 is 5.21 Å². The highest BCUT2D eigenvalue weighted by Gasteiger charge is 1.96. The molecule has 54 valence electrons. The highest BCUT2D eigenvalue weighted by Crippen LogP contribution is 2.06. The summed E-state index contributed by atoms with van der Waals surface area (Å²) in [5.74, 6) is 0. The quantitative estimate of drug-likeness (QED) is 0.570. The number of hydrogen-bond donors (Lipinski definition) is 2. The van der Waals surface area contributed by atoms with Gasteiger partial charge in [-0.05, 0) is 34.7 Å². The monoisotopic (exact) mass is 251 g/mol. The Morgan fingerprint density at radius 2 is 1.80 bits per heavy atom. The maximum absolute atomic E-state index is 10.3. The van der Waals surface area contributed by atoms with Gasteiger partial charge in [0.25, 0.3) is 0 Å². The lowest BCUT2D eigenvalue weighted by molar-refractivity contribution is -0.991. The third-order valence-electron chi connectivity index (χ3n) is 1.09. The number of hydrogen-bond acceptors (Lipinski definition) is 2. The number of benzene rings is 1. The Bertz CT molecular complexity index is 209. The first kappa shape index (κ1) is 7.93. The highest BCUT2D eigenvalue weighted by molar-refractivity contribution is 14.1. The normalized spacial score (nSPS) is 13.1. The fourth-order valence-corrected chi connectivity index (χ4v) is 0.952. The zero-order valence-electron chi connectivity index (χ0n) is 5.04. The molecule has 10 heavy (non-hydrogen) atoms. The maximum Gasteiger partial charge on any atom is 0.163 e. The minimum absolute atomic E-state index is 0.334. The van der Waals surface area contributed by atoms with Crippen molar-refractivity contribution in [2.75, 3.05) is 0 Å². The van der Waals surface area contributed by atoms with Crippen molar-refractivity contribution in [1.82, 2.24) is 0 Å². The van der Waals surface area contributed by atoms with Crippen molar-refractivity contribution in [3.8, 4) is 0 Å². The molecule has 0 saturated heterocycles. The van der Waals surface area contributed by atoms with Crippen LogP contribution in [-0.4, -0.2) is 5.21 Å². The SMILES string of the molecule is [O-][NH+](O)c1ccc(I)cc1. The molecule has 2 N–H and O–H groups in total. The van der Waals surface area contributed by atoms with Gasteiger partial charge in [-0.1, -0.05) is 0 Å². The average Bonchev–Trinajstić information content (AvgIpc) is 1.88. The molecule has 3 nitrogen and oxygen atoms in total. The maximum atomic E-state index is 10.3. The average molecular weight is 251 g/mol. The van der Waals surface area contributed by atoms with E-state index in [-0.39, 0.29) is 0 Å². The second-order valence-electron chi connectivity index (χ2n) is 1.81. The first-order chi connectivity index (χ1) is 4.70. The van der Waals surface area contributed by atoms with Crippen molar-refractivity contribution in [2.45, 2.75) is 0 Å². The molecule has 1 rings (SSSR count). The van der Waals surface area contributed by atoms with E-state index in [1.165, 1.54) is 0 Å². The largest absolute Gasteiger partial charge is 0.595 e. The lowest BCUT2D eigenvalue weighted by atomic mass is 10.3. The van der Waals surface area contributed by atoms with E-state index in [2.05, 4.69) is 22.6 Å². The second-order valence-corrected chi connectivity index (χ2v) is 3.06. The molecule has 0 amide bonds. The van der Waals surface area contributed by atoms with Gasteiger partial charge in [-0.2, -0.15) is 5.23 Å². The van der Waals surface area contributed by atoms with E-state index >= 15 is 0 Å². The number of rotatable bonds is 1. The molecule has 0 aromatic heterocycles. The van der Waals surface area contributed by atoms with Crippen LogP contribution in [0.2, 0.25) is 0 Å². The molecule has 0 aliphatic heterocycles. The Kier molecular flexibility index (Phi) is 2.61. The van der Waals surface area contributed by atoms with Crippen LogP contribution in [0.15, 0.2) is 24.3 Å². The van der Waals surface area contributed by atoms with Gasteiger partial charge in [0, 0.05) is 15.7 Å². The van der Waals surface area contributed by atoms with Crippen molar-refractivity contribution in [3.63, 3.8) is 0 Å². The van der Waals surface area contributed by atoms with E-state index in [0.29, 0.717) is 5.69 Å². The first-order valence-corrected chi connectivity index (χ1v) is 3.77. The van der Waals surface area contributed by atoms with Crippen LogP contribution in [0.25, 0.3) is 0 Å². The topological polar surface area (TPSA) is 47.7 Å². The van der Waals surface area contributed by atoms with Gasteiger partial charge in [0.2, 0.25) is 0 Å². The summed E-state index contributed by atoms with van der Waals surface area (Å²) in [6.45, 7) is 0. The molecular formula is C6H6INO2. The predicted molar refractivity (Wildman–Crippen MR) is 44.9 cm³/mol. The summed E-state index contributed by atoms with van der Waals surface area (Å²) < 4.78 is 1.04. The molecule has 0 radical (unpaired) electrons. The molecule has 0 heterocycles. The minimum atomic E-state index is -0.878. The lowest BCUT2D eigenvalue weighted by Crippen LogP contribution is -2.99. The van der Waals surface area contributed by atoms with Crippen molar-refractivity contribution >= 4 is 28.3 Å². The molecule has 0 aliphatic rings. The minimum Gasteiger partial charge on any atom is -0.595 e. The van der Waals surface area contributed by atoms with Gasteiger partial charge in [0.05, 0.1) is 0 Å². The van der Waals surface area contributed by atoms with E-state index in [4.69, 9.17) is 5.21 Å². The lowest BCUT2D eigenvalue weighted by Gasteiger charge is -2.10. The highest BCUT2D eigenvalue weighted by atomic mass is 127. The Labute approximate surface area is 71.9 Å². The third-order valence-corrected chi connectivity index (χ3v) is 1.81. The van der Waals surface area contributed by atoms with Gasteiger partial charge in [-0.3, -0.25) is 0 Å². The van der Waals surface area contributed by atoms with Crippen molar-refractivity contribution < 1.29 is 10.4 Å². The van der Waals surface area contributed by atoms with Crippen LogP contribution in [0, 0.1) is 8.78 Å². The molecule has 0 bridgehead atoms. The first-order valence-electron chi connectivity index (χ1n) is 2.69. The fraction of sp³-hybridized carbons (Fsp3) is 0. The van der Waals surface area contributed by atoms with Crippen LogP contribution in [0.1, 0.15) is 0 Å². The standard InChI is InChI=1S/C6H6INO2/c7-5-1-3-6(4-2-5)8(9)10/h1-4,8-9H. The molecule has 0 saturated carbocycles. The van der Waals surface area contributed by atoms with Gasteiger partial charge in [-0.25, -0.2) is 5.21 Å². The smallest absolute Gasteiger partial charge is 0.163 e. The van der Waals surface area contributed by atoms with Crippen LogP contribution in [0.5, 0.6) is 0 Å². The van der Waals surface area contributed by atoms with Crippen molar-refractivity contribution in [2.24, 2.45) is 0 Å². The molecule has 1 unspecified atom stereocenters. The summed E-state index contributed by atoms with van der Waals surface area (Å²) in [5.41, 5.74) is 0.334. The number of quaternary nitrogens is 1. The molecule has 0 aliphatic carbocycles. The van der Waals surface area contributed by atoms with Gasteiger partial charge in [0.1, 0.15) is 0 Å². The molecule has 0 spiro atoms. The summed E-state index contributed by atoms with van der Waals surface area (Å²) in [7, 11) is 0. The van der Waals surface area contributed by atoms with Gasteiger partial charge in [-0.15, -0.1) is 0 Å². The molecule has 1 atom stereocenters. The van der Waals surface area contributed by atoms with Crippen LogP contribution in [0.4, 0.5) is 5.69 Å².